The number of amides is 3. The van der Waals surface area contributed by atoms with Crippen LogP contribution in [-0.2, 0) is 11.3 Å². The first-order chi connectivity index (χ1) is 12.6. The van der Waals surface area contributed by atoms with Crippen LogP contribution >= 0.6 is 22.6 Å². The Balaban J connectivity index is 1.77. The van der Waals surface area contributed by atoms with Crippen LogP contribution in [0.15, 0.2) is 54.2 Å². The summed E-state index contributed by atoms with van der Waals surface area (Å²) in [6, 6.07) is 14.4. The molecule has 2 aromatic carbocycles. The van der Waals surface area contributed by atoms with E-state index in [-0.39, 0.29) is 24.8 Å². The van der Waals surface area contributed by atoms with Crippen LogP contribution in [0.25, 0.3) is 6.08 Å². The molecule has 2 aromatic rings. The lowest BCUT2D eigenvalue weighted by Crippen LogP contribution is -2.30. The number of rotatable bonds is 5. The molecule has 6 heteroatoms. The van der Waals surface area contributed by atoms with Crippen LogP contribution in [0, 0.1) is 15.9 Å². The number of hydrogen-bond donors (Lipinski definition) is 1. The zero-order valence-corrected chi connectivity index (χ0v) is 15.9. The number of benzene rings is 2. The first-order valence-corrected chi connectivity index (χ1v) is 8.90. The number of terminal acetylenes is 1. The van der Waals surface area contributed by atoms with Crippen molar-refractivity contribution in [2.24, 2.45) is 0 Å². The van der Waals surface area contributed by atoms with Gasteiger partial charge < -0.3 is 10.1 Å². The molecule has 1 N–H and O–H groups in total. The Morgan fingerprint density at radius 2 is 1.96 bits per heavy atom. The van der Waals surface area contributed by atoms with Crippen molar-refractivity contribution < 1.29 is 14.3 Å². The van der Waals surface area contributed by atoms with E-state index in [9.17, 15) is 9.59 Å². The van der Waals surface area contributed by atoms with Crippen LogP contribution in [-0.4, -0.2) is 23.4 Å². The highest BCUT2D eigenvalue weighted by Gasteiger charge is 2.33. The lowest BCUT2D eigenvalue weighted by atomic mass is 10.1. The number of carbonyl (C=O) groups is 2. The number of nitrogens with one attached hydrogen (secondary N) is 1. The van der Waals surface area contributed by atoms with E-state index in [0.29, 0.717) is 5.75 Å². The predicted octanol–water partition coefficient (Wildman–Crippen LogP) is 3.40. The Morgan fingerprint density at radius 3 is 2.65 bits per heavy atom. The minimum absolute atomic E-state index is 0.194. The molecule has 3 rings (SSSR count). The normalized spacial score (nSPS) is 15.1. The molecule has 26 heavy (non-hydrogen) atoms. The average Bonchev–Trinajstić information content (AvgIpc) is 2.89. The van der Waals surface area contributed by atoms with Crippen molar-refractivity contribution in [2.75, 3.05) is 6.61 Å². The second-order valence-electron chi connectivity index (χ2n) is 5.55. The molecule has 0 bridgehead atoms. The van der Waals surface area contributed by atoms with Crippen LogP contribution in [0.2, 0.25) is 0 Å². The maximum atomic E-state index is 12.5. The van der Waals surface area contributed by atoms with E-state index < -0.39 is 6.03 Å². The smallest absolute Gasteiger partial charge is 0.329 e. The first-order valence-electron chi connectivity index (χ1n) is 7.83. The van der Waals surface area contributed by atoms with Crippen LogP contribution in [0.5, 0.6) is 5.75 Å². The molecule has 0 aromatic heterocycles. The number of nitrogens with zero attached hydrogens (tertiary/aromatic N) is 1. The Labute approximate surface area is 165 Å². The van der Waals surface area contributed by atoms with E-state index in [0.717, 1.165) is 14.7 Å². The third-order valence-electron chi connectivity index (χ3n) is 3.72. The van der Waals surface area contributed by atoms with Gasteiger partial charge in [-0.15, -0.1) is 6.42 Å². The van der Waals surface area contributed by atoms with Gasteiger partial charge in [-0.2, -0.15) is 0 Å². The zero-order chi connectivity index (χ0) is 18.5. The lowest BCUT2D eigenvalue weighted by molar-refractivity contribution is -0.123. The highest BCUT2D eigenvalue weighted by atomic mass is 127. The fourth-order valence-corrected chi connectivity index (χ4v) is 3.19. The topological polar surface area (TPSA) is 58.6 Å². The fourth-order valence-electron chi connectivity index (χ4n) is 2.49. The average molecular weight is 458 g/mol. The van der Waals surface area contributed by atoms with Crippen LogP contribution in [0.3, 0.4) is 0 Å². The number of ether oxygens (including phenoxy) is 1. The molecule has 1 heterocycles. The lowest BCUT2D eigenvalue weighted by Gasteiger charge is -2.11. The molecule has 0 aliphatic carbocycles. The maximum Gasteiger partial charge on any atom is 0.329 e. The fraction of sp³-hybridized carbons (Fsp3) is 0.100. The second kappa shape index (κ2) is 8.06. The summed E-state index contributed by atoms with van der Waals surface area (Å²) in [7, 11) is 0. The van der Waals surface area contributed by atoms with E-state index in [1.807, 2.05) is 36.4 Å². The predicted molar refractivity (Wildman–Crippen MR) is 107 cm³/mol. The molecule has 130 valence electrons. The largest absolute Gasteiger partial charge is 0.480 e. The molecule has 1 saturated heterocycles. The van der Waals surface area contributed by atoms with Gasteiger partial charge in [0.05, 0.1) is 10.1 Å². The van der Waals surface area contributed by atoms with Gasteiger partial charge in [-0.3, -0.25) is 9.69 Å². The van der Waals surface area contributed by atoms with Crippen molar-refractivity contribution in [1.29, 1.82) is 0 Å². The second-order valence-corrected chi connectivity index (χ2v) is 6.71. The van der Waals surface area contributed by atoms with Gasteiger partial charge in [0.25, 0.3) is 5.91 Å². The SMILES string of the molecule is C#CCOc1ccc(/C=C2/NC(=O)N(Cc3ccccc3)C2=O)cc1I. The molecule has 0 spiro atoms. The third-order valence-corrected chi connectivity index (χ3v) is 4.57. The summed E-state index contributed by atoms with van der Waals surface area (Å²) in [6.45, 7) is 0.429. The quantitative estimate of drug-likeness (QED) is 0.324. The minimum Gasteiger partial charge on any atom is -0.480 e. The van der Waals surface area contributed by atoms with Crippen molar-refractivity contribution in [3.63, 3.8) is 0 Å². The Morgan fingerprint density at radius 1 is 1.19 bits per heavy atom. The highest BCUT2D eigenvalue weighted by Crippen LogP contribution is 2.24. The van der Waals surface area contributed by atoms with E-state index in [4.69, 9.17) is 11.2 Å². The third kappa shape index (κ3) is 4.06. The monoisotopic (exact) mass is 458 g/mol. The van der Waals surface area contributed by atoms with Crippen molar-refractivity contribution in [2.45, 2.75) is 6.54 Å². The molecule has 5 nitrogen and oxygen atoms in total. The van der Waals surface area contributed by atoms with Crippen LogP contribution in [0.1, 0.15) is 11.1 Å². The minimum atomic E-state index is -0.422. The number of hydrogen-bond acceptors (Lipinski definition) is 3. The number of carbonyl (C=O) groups excluding carboxylic acids is 2. The molecule has 0 radical (unpaired) electrons. The van der Waals surface area contributed by atoms with Gasteiger partial charge in [0.15, 0.2) is 0 Å². The molecule has 1 aliphatic heterocycles. The van der Waals surface area contributed by atoms with Gasteiger partial charge in [0.1, 0.15) is 18.1 Å². The van der Waals surface area contributed by atoms with Gasteiger partial charge in [-0.1, -0.05) is 42.3 Å². The van der Waals surface area contributed by atoms with Gasteiger partial charge in [0, 0.05) is 0 Å². The molecule has 0 unspecified atom stereocenters. The summed E-state index contributed by atoms with van der Waals surface area (Å²) in [5.41, 5.74) is 1.92. The maximum absolute atomic E-state index is 12.5. The molecule has 0 atom stereocenters. The number of halogens is 1. The van der Waals surface area contributed by atoms with Gasteiger partial charge in [-0.25, -0.2) is 4.79 Å². The highest BCUT2D eigenvalue weighted by molar-refractivity contribution is 14.1. The summed E-state index contributed by atoms with van der Waals surface area (Å²) < 4.78 is 6.29. The van der Waals surface area contributed by atoms with E-state index in [1.165, 1.54) is 4.90 Å². The number of imide groups is 1. The molecule has 3 amide bonds. The molecule has 1 aliphatic rings. The van der Waals surface area contributed by atoms with E-state index in [2.05, 4.69) is 33.8 Å². The Kier molecular flexibility index (Phi) is 5.58. The number of urea groups is 1. The van der Waals surface area contributed by atoms with Crippen LogP contribution in [0.4, 0.5) is 4.79 Å². The summed E-state index contributed by atoms with van der Waals surface area (Å²) in [4.78, 5) is 25.9. The molecular formula is C20H15IN2O3. The first kappa shape index (κ1) is 18.0. The van der Waals surface area contributed by atoms with Crippen LogP contribution < -0.4 is 10.1 Å². The van der Waals surface area contributed by atoms with Gasteiger partial charge in [0.2, 0.25) is 0 Å². The Bertz CT molecular complexity index is 916. The van der Waals surface area contributed by atoms with Crippen molar-refractivity contribution >= 4 is 40.6 Å². The summed E-state index contributed by atoms with van der Waals surface area (Å²) in [6.07, 6.45) is 6.84. The summed E-state index contributed by atoms with van der Waals surface area (Å²) in [5.74, 6) is 2.75. The zero-order valence-electron chi connectivity index (χ0n) is 13.7. The van der Waals surface area contributed by atoms with Crippen molar-refractivity contribution in [1.82, 2.24) is 10.2 Å². The van der Waals surface area contributed by atoms with Gasteiger partial charge >= 0.3 is 6.03 Å². The molecule has 0 saturated carbocycles. The van der Waals surface area contributed by atoms with E-state index >= 15 is 0 Å². The molecular weight excluding hydrogens is 443 g/mol. The summed E-state index contributed by atoms with van der Waals surface area (Å²) >= 11 is 2.14. The summed E-state index contributed by atoms with van der Waals surface area (Å²) in [5, 5.41) is 2.63. The standard InChI is InChI=1S/C20H15IN2O3/c1-2-10-26-18-9-8-15(11-16(18)21)12-17-19(24)23(20(25)22-17)13-14-6-4-3-5-7-14/h1,3-9,11-12H,10,13H2,(H,22,25)/b17-12+. The Hall–Kier alpha value is -2.79. The van der Waals surface area contributed by atoms with Crippen molar-refractivity contribution in [3.05, 3.63) is 68.9 Å². The van der Waals surface area contributed by atoms with Crippen molar-refractivity contribution in [3.8, 4) is 18.1 Å². The molecule has 1 fully saturated rings. The van der Waals surface area contributed by atoms with E-state index in [1.54, 1.807) is 18.2 Å². The van der Waals surface area contributed by atoms with Gasteiger partial charge in [-0.05, 0) is 51.9 Å².